The third-order valence-electron chi connectivity index (χ3n) is 5.64. The van der Waals surface area contributed by atoms with Crippen LogP contribution in [0.15, 0.2) is 42.5 Å². The first kappa shape index (κ1) is 17.8. The maximum Gasteiger partial charge on any atom is 0.383 e. The average Bonchev–Trinajstić information content (AvgIpc) is 3.33. The van der Waals surface area contributed by atoms with Gasteiger partial charge in [-0.25, -0.2) is 0 Å². The fraction of sp³-hybridized carbons (Fsp3) is 0.421. The molecule has 146 valence electrons. The van der Waals surface area contributed by atoms with Crippen molar-refractivity contribution in [2.45, 2.75) is 11.9 Å². The Morgan fingerprint density at radius 3 is 2.36 bits per heavy atom. The number of hydrogen-bond donors (Lipinski definition) is 0. The Hall–Kier alpha value is -2.32. The Balaban J connectivity index is 1.30. The highest BCUT2D eigenvalue weighted by Gasteiger charge is 2.41. The predicted molar refractivity (Wildman–Crippen MR) is 101 cm³/mol. The molecule has 2 saturated heterocycles. The van der Waals surface area contributed by atoms with Gasteiger partial charge in [-0.2, -0.15) is 13.3 Å². The first-order valence-electron chi connectivity index (χ1n) is 9.28. The number of alkyl halides is 3. The van der Waals surface area contributed by atoms with Crippen LogP contribution in [0, 0.1) is 11.8 Å². The van der Waals surface area contributed by atoms with Crippen molar-refractivity contribution in [2.24, 2.45) is 11.8 Å². The third-order valence-corrected chi connectivity index (χ3v) is 5.81. The molecule has 0 aliphatic carbocycles. The lowest BCUT2D eigenvalue weighted by molar-refractivity contribution is 0.0820. The molecular formula is C19H19ClF2N6. The highest BCUT2D eigenvalue weighted by atomic mass is 35.5. The molecule has 0 N–H and O–H groups in total. The predicted octanol–water partition coefficient (Wildman–Crippen LogP) is 2.98. The Bertz CT molecular complexity index is 975. The van der Waals surface area contributed by atoms with Gasteiger partial charge in [-0.1, -0.05) is 30.3 Å². The molecule has 0 bridgehead atoms. The van der Waals surface area contributed by atoms with Crippen molar-refractivity contribution in [3.8, 4) is 0 Å². The van der Waals surface area contributed by atoms with Crippen molar-refractivity contribution in [3.05, 3.63) is 53.9 Å². The highest BCUT2D eigenvalue weighted by Crippen LogP contribution is 2.35. The second-order valence-electron chi connectivity index (χ2n) is 7.59. The van der Waals surface area contributed by atoms with E-state index >= 15 is 0 Å². The van der Waals surface area contributed by atoms with Crippen molar-refractivity contribution < 1.29 is 8.78 Å². The number of benzene rings is 1. The minimum Gasteiger partial charge on any atom is -0.355 e. The lowest BCUT2D eigenvalue weighted by Gasteiger charge is -2.22. The standard InChI is InChI=1S/C19H19ClF2N6/c20-19(21,22)18-24-23-16-6-7-17(25-28(16)18)27-11-14-9-26(10-15(14)12-27)8-13-4-2-1-3-5-13/h1-7,14-15H,8-12H2. The summed E-state index contributed by atoms with van der Waals surface area (Å²) in [5, 5.41) is 7.94. The number of fused-ring (bicyclic) bond motifs is 2. The first-order chi connectivity index (χ1) is 13.5. The number of hydrogen-bond acceptors (Lipinski definition) is 5. The van der Waals surface area contributed by atoms with E-state index in [9.17, 15) is 8.78 Å². The minimum absolute atomic E-state index is 0.257. The minimum atomic E-state index is -3.61. The molecule has 28 heavy (non-hydrogen) atoms. The van der Waals surface area contributed by atoms with Gasteiger partial charge in [0, 0.05) is 32.7 Å². The van der Waals surface area contributed by atoms with E-state index in [1.54, 1.807) is 6.07 Å². The van der Waals surface area contributed by atoms with Crippen LogP contribution >= 0.6 is 11.6 Å². The van der Waals surface area contributed by atoms with E-state index in [-0.39, 0.29) is 5.65 Å². The van der Waals surface area contributed by atoms with Crippen LogP contribution in [0.3, 0.4) is 0 Å². The van der Waals surface area contributed by atoms with Crippen molar-refractivity contribution in [1.82, 2.24) is 24.7 Å². The van der Waals surface area contributed by atoms with Crippen LogP contribution in [-0.2, 0) is 11.9 Å². The summed E-state index contributed by atoms with van der Waals surface area (Å²) in [7, 11) is 0. The summed E-state index contributed by atoms with van der Waals surface area (Å²) in [5.74, 6) is 1.10. The number of halogens is 3. The Kier molecular flexibility index (Phi) is 4.21. The number of likely N-dealkylation sites (tertiary alicyclic amines) is 1. The summed E-state index contributed by atoms with van der Waals surface area (Å²) in [5.41, 5.74) is 1.58. The zero-order chi connectivity index (χ0) is 19.3. The molecule has 1 aromatic carbocycles. The molecule has 4 heterocycles. The molecule has 0 saturated carbocycles. The molecule has 0 amide bonds. The van der Waals surface area contributed by atoms with E-state index in [4.69, 9.17) is 11.6 Å². The summed E-state index contributed by atoms with van der Waals surface area (Å²) < 4.78 is 28.1. The third kappa shape index (κ3) is 3.20. The maximum absolute atomic E-state index is 13.5. The van der Waals surface area contributed by atoms with E-state index in [2.05, 4.69) is 49.4 Å². The number of anilines is 1. The molecule has 5 rings (SSSR count). The second kappa shape index (κ2) is 6.63. The van der Waals surface area contributed by atoms with Gasteiger partial charge in [0.15, 0.2) is 5.65 Å². The zero-order valence-electron chi connectivity index (χ0n) is 15.0. The molecule has 0 radical (unpaired) electrons. The van der Waals surface area contributed by atoms with Crippen LogP contribution in [0.25, 0.3) is 5.65 Å². The Morgan fingerprint density at radius 1 is 0.964 bits per heavy atom. The smallest absolute Gasteiger partial charge is 0.355 e. The molecular weight excluding hydrogens is 386 g/mol. The van der Waals surface area contributed by atoms with Crippen LogP contribution in [-0.4, -0.2) is 50.9 Å². The van der Waals surface area contributed by atoms with Gasteiger partial charge in [-0.3, -0.25) is 4.90 Å². The highest BCUT2D eigenvalue weighted by molar-refractivity contribution is 6.21. The molecule has 9 heteroatoms. The summed E-state index contributed by atoms with van der Waals surface area (Å²) in [4.78, 5) is 4.65. The van der Waals surface area contributed by atoms with Gasteiger partial charge in [-0.15, -0.1) is 15.3 Å². The Labute approximate surface area is 165 Å². The number of nitrogens with zero attached hydrogens (tertiary/aromatic N) is 6. The van der Waals surface area contributed by atoms with E-state index in [0.717, 1.165) is 37.2 Å². The van der Waals surface area contributed by atoms with Gasteiger partial charge in [0.05, 0.1) is 0 Å². The van der Waals surface area contributed by atoms with E-state index < -0.39 is 11.2 Å². The molecule has 2 unspecified atom stereocenters. The number of aromatic nitrogens is 4. The van der Waals surface area contributed by atoms with Crippen molar-refractivity contribution in [2.75, 3.05) is 31.1 Å². The van der Waals surface area contributed by atoms with Crippen molar-refractivity contribution in [3.63, 3.8) is 0 Å². The molecule has 2 atom stereocenters. The van der Waals surface area contributed by atoms with E-state index in [0.29, 0.717) is 17.7 Å². The molecule has 3 aromatic rings. The van der Waals surface area contributed by atoms with Crippen molar-refractivity contribution >= 4 is 23.1 Å². The quantitative estimate of drug-likeness (QED) is 0.626. The first-order valence-corrected chi connectivity index (χ1v) is 9.66. The fourth-order valence-electron chi connectivity index (χ4n) is 4.37. The molecule has 0 spiro atoms. The SMILES string of the molecule is FC(F)(Cl)c1nnc2ccc(N3CC4CN(Cc5ccccc5)CC4C3)nn12. The second-order valence-corrected chi connectivity index (χ2v) is 8.06. The number of rotatable bonds is 4. The normalized spacial score (nSPS) is 22.9. The van der Waals surface area contributed by atoms with E-state index in [1.165, 1.54) is 5.56 Å². The topological polar surface area (TPSA) is 49.6 Å². The van der Waals surface area contributed by atoms with Crippen LogP contribution < -0.4 is 4.90 Å². The van der Waals surface area contributed by atoms with Crippen LogP contribution in [0.2, 0.25) is 0 Å². The zero-order valence-corrected chi connectivity index (χ0v) is 15.8. The maximum atomic E-state index is 13.5. The summed E-state index contributed by atoms with van der Waals surface area (Å²) in [6.07, 6.45) is 0. The van der Waals surface area contributed by atoms with Crippen LogP contribution in [0.4, 0.5) is 14.6 Å². The van der Waals surface area contributed by atoms with Crippen LogP contribution in [0.5, 0.6) is 0 Å². The summed E-state index contributed by atoms with van der Waals surface area (Å²) >= 11 is 5.14. The van der Waals surface area contributed by atoms with Gasteiger partial charge < -0.3 is 4.90 Å². The molecule has 6 nitrogen and oxygen atoms in total. The fourth-order valence-corrected chi connectivity index (χ4v) is 4.49. The Morgan fingerprint density at radius 2 is 1.68 bits per heavy atom. The van der Waals surface area contributed by atoms with Gasteiger partial charge in [-0.05, 0) is 41.1 Å². The van der Waals surface area contributed by atoms with Gasteiger partial charge in [0.1, 0.15) is 5.82 Å². The molecule has 2 fully saturated rings. The molecule has 2 aliphatic rings. The van der Waals surface area contributed by atoms with Crippen LogP contribution in [0.1, 0.15) is 11.4 Å². The van der Waals surface area contributed by atoms with Gasteiger partial charge in [0.2, 0.25) is 5.82 Å². The van der Waals surface area contributed by atoms with Crippen molar-refractivity contribution in [1.29, 1.82) is 0 Å². The summed E-state index contributed by atoms with van der Waals surface area (Å²) in [6.45, 7) is 4.77. The lowest BCUT2D eigenvalue weighted by atomic mass is 10.0. The van der Waals surface area contributed by atoms with E-state index in [1.807, 2.05) is 12.1 Å². The summed E-state index contributed by atoms with van der Waals surface area (Å²) in [6, 6.07) is 13.9. The van der Waals surface area contributed by atoms with Gasteiger partial charge in [0.25, 0.3) is 0 Å². The average molecular weight is 405 g/mol. The molecule has 2 aliphatic heterocycles. The van der Waals surface area contributed by atoms with Gasteiger partial charge >= 0.3 is 5.38 Å². The monoisotopic (exact) mass is 404 g/mol. The molecule has 2 aromatic heterocycles. The lowest BCUT2D eigenvalue weighted by Crippen LogP contribution is -2.29. The largest absolute Gasteiger partial charge is 0.383 e.